The van der Waals surface area contributed by atoms with Crippen LogP contribution in [-0.2, 0) is 0 Å². The van der Waals surface area contributed by atoms with Crippen LogP contribution in [0.4, 0.5) is 0 Å². The van der Waals surface area contributed by atoms with Crippen LogP contribution in [0.5, 0.6) is 0 Å². The lowest BCUT2D eigenvalue weighted by Gasteiger charge is -2.26. The Balaban J connectivity index is 1.68. The lowest BCUT2D eigenvalue weighted by Crippen LogP contribution is -2.14. The van der Waals surface area contributed by atoms with Gasteiger partial charge in [-0.3, -0.25) is 0 Å². The first-order chi connectivity index (χ1) is 8.81. The molecule has 4 atom stereocenters. The normalized spacial score (nSPS) is 35.1. The summed E-state index contributed by atoms with van der Waals surface area (Å²) in [5.74, 6) is 3.18. The quantitative estimate of drug-likeness (QED) is 0.819. The average Bonchev–Trinajstić information content (AvgIpc) is 3.06. The minimum atomic E-state index is 0.105. The summed E-state index contributed by atoms with van der Waals surface area (Å²) in [6, 6.07) is 2.26. The Morgan fingerprint density at radius 1 is 1.39 bits per heavy atom. The Bertz CT molecular complexity index is 462. The van der Waals surface area contributed by atoms with Crippen molar-refractivity contribution in [1.29, 1.82) is 5.26 Å². The molecule has 0 aliphatic heterocycles. The maximum Gasteiger partial charge on any atom is 0.231 e. The van der Waals surface area contributed by atoms with Crippen LogP contribution in [0, 0.1) is 23.2 Å². The molecule has 2 fully saturated rings. The zero-order valence-electron chi connectivity index (χ0n) is 10.8. The summed E-state index contributed by atoms with van der Waals surface area (Å²) >= 11 is 0. The van der Waals surface area contributed by atoms with Crippen molar-refractivity contribution in [3.05, 3.63) is 11.7 Å². The number of aromatic nitrogens is 2. The largest absolute Gasteiger partial charge is 0.339 e. The Kier molecular flexibility index (Phi) is 3.07. The molecule has 18 heavy (non-hydrogen) atoms. The predicted molar refractivity (Wildman–Crippen MR) is 65.7 cm³/mol. The van der Waals surface area contributed by atoms with Gasteiger partial charge in [-0.1, -0.05) is 31.3 Å². The van der Waals surface area contributed by atoms with Crippen LogP contribution in [0.1, 0.15) is 69.0 Å². The molecule has 1 aromatic heterocycles. The van der Waals surface area contributed by atoms with Crippen molar-refractivity contribution in [3.8, 4) is 6.07 Å². The number of rotatable bonds is 3. The van der Waals surface area contributed by atoms with E-state index in [0.717, 1.165) is 18.2 Å². The zero-order valence-corrected chi connectivity index (χ0v) is 10.8. The van der Waals surface area contributed by atoms with Gasteiger partial charge in [-0.15, -0.1) is 0 Å². The van der Waals surface area contributed by atoms with E-state index in [0.29, 0.717) is 11.8 Å². The highest BCUT2D eigenvalue weighted by Gasteiger charge is 2.43. The Morgan fingerprint density at radius 2 is 2.28 bits per heavy atom. The van der Waals surface area contributed by atoms with Gasteiger partial charge in [-0.25, -0.2) is 0 Å². The Morgan fingerprint density at radius 3 is 3.00 bits per heavy atom. The van der Waals surface area contributed by atoms with Gasteiger partial charge in [-0.2, -0.15) is 10.2 Å². The minimum Gasteiger partial charge on any atom is -0.339 e. The van der Waals surface area contributed by atoms with Crippen LogP contribution in [-0.4, -0.2) is 10.1 Å². The molecule has 1 heterocycles. The standard InChI is InChI=1S/C14H19N3O/c1-2-9-4-3-5-10(6-9)13-16-14(18-17-13)12-7-11(12)8-15/h9-12H,2-7H2,1H3. The molecule has 2 saturated carbocycles. The number of hydrogen-bond acceptors (Lipinski definition) is 4. The molecule has 0 radical (unpaired) electrons. The molecule has 2 aliphatic carbocycles. The van der Waals surface area contributed by atoms with Gasteiger partial charge in [0.25, 0.3) is 0 Å². The monoisotopic (exact) mass is 245 g/mol. The maximum absolute atomic E-state index is 8.82. The third kappa shape index (κ3) is 2.14. The summed E-state index contributed by atoms with van der Waals surface area (Å²) in [6.07, 6.45) is 7.14. The molecular weight excluding hydrogens is 226 g/mol. The highest BCUT2D eigenvalue weighted by atomic mass is 16.5. The molecule has 4 nitrogen and oxygen atoms in total. The van der Waals surface area contributed by atoms with Crippen LogP contribution in [0.2, 0.25) is 0 Å². The first-order valence-corrected chi connectivity index (χ1v) is 7.05. The Labute approximate surface area is 107 Å². The van der Waals surface area contributed by atoms with Gasteiger partial charge in [-0.05, 0) is 25.2 Å². The smallest absolute Gasteiger partial charge is 0.231 e. The lowest BCUT2D eigenvalue weighted by molar-refractivity contribution is 0.298. The fourth-order valence-electron chi connectivity index (χ4n) is 3.07. The molecule has 4 unspecified atom stereocenters. The van der Waals surface area contributed by atoms with E-state index in [9.17, 15) is 0 Å². The van der Waals surface area contributed by atoms with Crippen LogP contribution in [0.3, 0.4) is 0 Å². The van der Waals surface area contributed by atoms with Crippen LogP contribution < -0.4 is 0 Å². The van der Waals surface area contributed by atoms with Crippen LogP contribution in [0.25, 0.3) is 0 Å². The minimum absolute atomic E-state index is 0.105. The SMILES string of the molecule is CCC1CCCC(c2noc(C3CC3C#N)n2)C1. The van der Waals surface area contributed by atoms with Gasteiger partial charge >= 0.3 is 0 Å². The highest BCUT2D eigenvalue weighted by Crippen LogP contribution is 2.46. The van der Waals surface area contributed by atoms with Crippen molar-refractivity contribution in [2.24, 2.45) is 11.8 Å². The molecule has 1 aromatic rings. The number of hydrogen-bond donors (Lipinski definition) is 0. The zero-order chi connectivity index (χ0) is 12.5. The molecule has 4 heteroatoms. The fourth-order valence-corrected chi connectivity index (χ4v) is 3.07. The summed E-state index contributed by atoms with van der Waals surface area (Å²) in [6.45, 7) is 2.26. The van der Waals surface area contributed by atoms with Crippen molar-refractivity contribution in [3.63, 3.8) is 0 Å². The molecule has 2 aliphatic rings. The van der Waals surface area contributed by atoms with Crippen molar-refractivity contribution >= 4 is 0 Å². The van der Waals surface area contributed by atoms with E-state index < -0.39 is 0 Å². The van der Waals surface area contributed by atoms with Crippen LogP contribution >= 0.6 is 0 Å². The maximum atomic E-state index is 8.82. The van der Waals surface area contributed by atoms with Gasteiger partial charge in [0, 0.05) is 5.92 Å². The second-order valence-corrected chi connectivity index (χ2v) is 5.71. The van der Waals surface area contributed by atoms with E-state index in [1.54, 1.807) is 0 Å². The molecule has 96 valence electrons. The van der Waals surface area contributed by atoms with Crippen molar-refractivity contribution in [2.75, 3.05) is 0 Å². The summed E-state index contributed by atoms with van der Waals surface area (Å²) in [7, 11) is 0. The first-order valence-electron chi connectivity index (χ1n) is 7.05. The molecule has 0 bridgehead atoms. The second-order valence-electron chi connectivity index (χ2n) is 5.71. The molecule has 0 saturated heterocycles. The van der Waals surface area contributed by atoms with E-state index in [2.05, 4.69) is 23.1 Å². The molecule has 0 spiro atoms. The highest BCUT2D eigenvalue weighted by molar-refractivity contribution is 5.16. The molecule has 0 N–H and O–H groups in total. The summed E-state index contributed by atoms with van der Waals surface area (Å²) in [4.78, 5) is 4.53. The van der Waals surface area contributed by atoms with Crippen molar-refractivity contribution < 1.29 is 4.52 Å². The molecule has 3 rings (SSSR count). The second kappa shape index (κ2) is 4.72. The number of nitriles is 1. The van der Waals surface area contributed by atoms with Crippen LogP contribution in [0.15, 0.2) is 4.52 Å². The van der Waals surface area contributed by atoms with E-state index in [1.165, 1.54) is 32.1 Å². The van der Waals surface area contributed by atoms with Gasteiger partial charge in [0.15, 0.2) is 5.82 Å². The van der Waals surface area contributed by atoms with Gasteiger partial charge in [0.05, 0.1) is 17.9 Å². The van der Waals surface area contributed by atoms with E-state index in [4.69, 9.17) is 9.78 Å². The fraction of sp³-hybridized carbons (Fsp3) is 0.786. The third-order valence-electron chi connectivity index (χ3n) is 4.46. The number of nitrogens with zero attached hydrogens (tertiary/aromatic N) is 3. The van der Waals surface area contributed by atoms with E-state index in [-0.39, 0.29) is 11.8 Å². The van der Waals surface area contributed by atoms with E-state index >= 15 is 0 Å². The van der Waals surface area contributed by atoms with E-state index in [1.807, 2.05) is 0 Å². The average molecular weight is 245 g/mol. The van der Waals surface area contributed by atoms with Gasteiger partial charge < -0.3 is 4.52 Å². The lowest BCUT2D eigenvalue weighted by atomic mass is 9.80. The molecular formula is C14H19N3O. The predicted octanol–water partition coefficient (Wildman–Crippen LogP) is 3.38. The van der Waals surface area contributed by atoms with Gasteiger partial charge in [0.1, 0.15) is 0 Å². The van der Waals surface area contributed by atoms with Crippen molar-refractivity contribution in [1.82, 2.24) is 10.1 Å². The summed E-state index contributed by atoms with van der Waals surface area (Å²) in [5.41, 5.74) is 0. The molecule has 0 amide bonds. The van der Waals surface area contributed by atoms with Crippen molar-refractivity contribution in [2.45, 2.75) is 57.3 Å². The Hall–Kier alpha value is -1.37. The first kappa shape index (κ1) is 11.7. The summed E-state index contributed by atoms with van der Waals surface area (Å²) < 4.78 is 5.33. The topological polar surface area (TPSA) is 62.7 Å². The summed E-state index contributed by atoms with van der Waals surface area (Å²) in [5, 5.41) is 13.0. The third-order valence-corrected chi connectivity index (χ3v) is 4.46. The molecule has 0 aromatic carbocycles. The van der Waals surface area contributed by atoms with Gasteiger partial charge in [0.2, 0.25) is 5.89 Å².